The van der Waals surface area contributed by atoms with E-state index in [1.807, 2.05) is 4.90 Å². The number of sulfonamides is 1. The number of methoxy groups -OCH3 is 1. The number of hydrogen-bond acceptors (Lipinski definition) is 9. The van der Waals surface area contributed by atoms with Gasteiger partial charge >= 0.3 is 5.97 Å². The first-order valence-electron chi connectivity index (χ1n) is 12.9. The number of ether oxygens (including phenoxy) is 1. The number of piperidine rings is 1. The maximum atomic E-state index is 15.1. The number of guanidine groups is 1. The molecule has 0 unspecified atom stereocenters. The Morgan fingerprint density at radius 1 is 1.23 bits per heavy atom. The number of benzene rings is 2. The molecule has 0 bridgehead atoms. The molecule has 0 spiro atoms. The Balaban J connectivity index is 1.36. The summed E-state index contributed by atoms with van der Waals surface area (Å²) in [5.74, 6) is -1.61. The van der Waals surface area contributed by atoms with Crippen LogP contribution in [0.1, 0.15) is 29.6 Å². The monoisotopic (exact) mass is 576 g/mol. The summed E-state index contributed by atoms with van der Waals surface area (Å²) in [4.78, 5) is 30.6. The molecule has 2 atom stereocenters. The first-order valence-corrected chi connectivity index (χ1v) is 14.4. The number of hydrogen-bond donors (Lipinski definition) is 5. The van der Waals surface area contributed by atoms with E-state index in [9.17, 15) is 23.1 Å². The van der Waals surface area contributed by atoms with Crippen LogP contribution in [-0.2, 0) is 14.8 Å². The van der Waals surface area contributed by atoms with Crippen molar-refractivity contribution in [3.8, 4) is 5.75 Å². The molecule has 1 amide bonds. The van der Waals surface area contributed by atoms with Gasteiger partial charge in [-0.15, -0.1) is 0 Å². The lowest BCUT2D eigenvalue weighted by molar-refractivity contribution is -0.138. The van der Waals surface area contributed by atoms with Crippen LogP contribution in [0.4, 0.5) is 10.1 Å². The zero-order valence-corrected chi connectivity index (χ0v) is 22.8. The Morgan fingerprint density at radius 2 is 2.00 bits per heavy atom. The highest BCUT2D eigenvalue weighted by atomic mass is 32.2. The molecule has 4 rings (SSSR count). The summed E-state index contributed by atoms with van der Waals surface area (Å²) in [5.41, 5.74) is 0.341. The van der Waals surface area contributed by atoms with Crippen molar-refractivity contribution in [2.45, 2.75) is 36.2 Å². The van der Waals surface area contributed by atoms with E-state index in [-0.39, 0.29) is 16.5 Å². The van der Waals surface area contributed by atoms with Gasteiger partial charge in [0.05, 0.1) is 17.7 Å². The number of nitrogens with zero attached hydrogens (tertiary/aromatic N) is 2. The smallest absolute Gasteiger partial charge is 0.323 e. The van der Waals surface area contributed by atoms with Crippen molar-refractivity contribution in [2.75, 3.05) is 44.7 Å². The third kappa shape index (κ3) is 7.39. The molecule has 40 heavy (non-hydrogen) atoms. The lowest BCUT2D eigenvalue weighted by atomic mass is 10.0. The number of anilines is 1. The van der Waals surface area contributed by atoms with Gasteiger partial charge in [-0.2, -0.15) is 4.72 Å². The van der Waals surface area contributed by atoms with Crippen LogP contribution in [0, 0.1) is 5.82 Å². The molecule has 0 radical (unpaired) electrons. The predicted molar refractivity (Wildman–Crippen MR) is 147 cm³/mol. The molecular formula is C26H33FN6O6S. The van der Waals surface area contributed by atoms with E-state index >= 15 is 4.39 Å². The molecule has 5 N–H and O–H groups in total. The maximum absolute atomic E-state index is 15.1. The van der Waals surface area contributed by atoms with Crippen molar-refractivity contribution in [1.29, 1.82) is 0 Å². The molecule has 2 aromatic carbocycles. The third-order valence-electron chi connectivity index (χ3n) is 6.64. The van der Waals surface area contributed by atoms with Crippen molar-refractivity contribution in [2.24, 2.45) is 4.99 Å². The second-order valence-corrected chi connectivity index (χ2v) is 11.2. The fourth-order valence-electron chi connectivity index (χ4n) is 4.53. The summed E-state index contributed by atoms with van der Waals surface area (Å²) < 4.78 is 47.4. The number of nitrogens with one attached hydrogen (secondary N) is 4. The Morgan fingerprint density at radius 3 is 2.65 bits per heavy atom. The van der Waals surface area contributed by atoms with Crippen LogP contribution >= 0.6 is 0 Å². The van der Waals surface area contributed by atoms with Gasteiger partial charge in [-0.25, -0.2) is 12.8 Å². The summed E-state index contributed by atoms with van der Waals surface area (Å²) in [6, 6.07) is 7.89. The highest BCUT2D eigenvalue weighted by molar-refractivity contribution is 7.89. The van der Waals surface area contributed by atoms with Crippen LogP contribution in [0.3, 0.4) is 0 Å². The molecule has 2 aliphatic rings. The zero-order chi connectivity index (χ0) is 28.7. The molecule has 1 saturated heterocycles. The fraction of sp³-hybridized carbons (Fsp3) is 0.423. The standard InChI is InChI=1S/C26H33FN6O6S/c1-39-19-6-8-20(9-7-19)40(37,38)32-22(25(35)36)15-30-24(34)17-5-10-23(21(27)14-17)33-13-2-4-18(16-33)31-26-28-11-3-12-29-26/h5-10,14,18,22,32H,2-4,11-13,15-16H2,1H3,(H,30,34)(H,35,36)(H2,28,29,31)/t18-,22-/m0/s1. The molecule has 2 aromatic rings. The van der Waals surface area contributed by atoms with Gasteiger partial charge in [-0.3, -0.25) is 14.6 Å². The zero-order valence-electron chi connectivity index (χ0n) is 22.0. The van der Waals surface area contributed by atoms with E-state index < -0.39 is 40.3 Å². The number of carbonyl (C=O) groups is 2. The second-order valence-electron chi connectivity index (χ2n) is 9.50. The minimum atomic E-state index is -4.20. The van der Waals surface area contributed by atoms with E-state index in [4.69, 9.17) is 4.74 Å². The fourth-order valence-corrected chi connectivity index (χ4v) is 5.72. The van der Waals surface area contributed by atoms with Crippen LogP contribution in [0.25, 0.3) is 0 Å². The van der Waals surface area contributed by atoms with Crippen molar-refractivity contribution in [3.05, 3.63) is 53.8 Å². The maximum Gasteiger partial charge on any atom is 0.323 e. The average molecular weight is 577 g/mol. The van der Waals surface area contributed by atoms with Gasteiger partial charge in [0.1, 0.15) is 17.6 Å². The van der Waals surface area contributed by atoms with Gasteiger partial charge in [0, 0.05) is 44.3 Å². The van der Waals surface area contributed by atoms with Crippen LogP contribution < -0.4 is 30.3 Å². The minimum Gasteiger partial charge on any atom is -0.497 e. The average Bonchev–Trinajstić information content (AvgIpc) is 2.95. The lowest BCUT2D eigenvalue weighted by Gasteiger charge is -2.36. The molecule has 0 aliphatic carbocycles. The molecule has 12 nitrogen and oxygen atoms in total. The molecule has 1 fully saturated rings. The number of carboxylic acid groups (broad SMARTS) is 1. The van der Waals surface area contributed by atoms with Crippen molar-refractivity contribution in [1.82, 2.24) is 20.7 Å². The highest BCUT2D eigenvalue weighted by Crippen LogP contribution is 2.24. The van der Waals surface area contributed by atoms with Crippen LogP contribution in [0.2, 0.25) is 0 Å². The molecule has 0 saturated carbocycles. The number of carboxylic acids is 1. The van der Waals surface area contributed by atoms with Gasteiger partial charge < -0.3 is 30.7 Å². The molecule has 0 aromatic heterocycles. The topological polar surface area (TPSA) is 161 Å². The van der Waals surface area contributed by atoms with Gasteiger partial charge in [0.25, 0.3) is 5.91 Å². The predicted octanol–water partition coefficient (Wildman–Crippen LogP) is 0.904. The molecular weight excluding hydrogens is 543 g/mol. The minimum absolute atomic E-state index is 0.0177. The Bertz CT molecular complexity index is 1350. The molecule has 216 valence electrons. The first-order chi connectivity index (χ1) is 19.2. The number of aliphatic carboxylic acids is 1. The quantitative estimate of drug-likeness (QED) is 0.277. The number of carbonyl (C=O) groups excluding carboxylic acids is 1. The molecule has 2 aliphatic heterocycles. The third-order valence-corrected chi connectivity index (χ3v) is 8.13. The van der Waals surface area contributed by atoms with E-state index in [2.05, 4.69) is 25.7 Å². The number of aliphatic imine (C=N–C) groups is 1. The Kier molecular flexibility index (Phi) is 9.42. The summed E-state index contributed by atoms with van der Waals surface area (Å²) in [7, 11) is -2.77. The lowest BCUT2D eigenvalue weighted by Crippen LogP contribution is -2.52. The number of rotatable bonds is 10. The van der Waals surface area contributed by atoms with Gasteiger partial charge in [-0.1, -0.05) is 0 Å². The summed E-state index contributed by atoms with van der Waals surface area (Å²) in [5, 5.41) is 18.5. The summed E-state index contributed by atoms with van der Waals surface area (Å²) in [6.45, 7) is 2.31. The van der Waals surface area contributed by atoms with Crippen LogP contribution in [0.5, 0.6) is 5.75 Å². The largest absolute Gasteiger partial charge is 0.497 e. The first kappa shape index (κ1) is 29.1. The van der Waals surface area contributed by atoms with E-state index in [0.29, 0.717) is 24.5 Å². The number of halogens is 1. The van der Waals surface area contributed by atoms with Crippen LogP contribution in [0.15, 0.2) is 52.4 Å². The molecule has 14 heteroatoms. The van der Waals surface area contributed by atoms with E-state index in [1.54, 1.807) is 0 Å². The van der Waals surface area contributed by atoms with E-state index in [0.717, 1.165) is 44.4 Å². The van der Waals surface area contributed by atoms with E-state index in [1.165, 1.54) is 43.5 Å². The summed E-state index contributed by atoms with van der Waals surface area (Å²) in [6.07, 6.45) is 2.77. The summed E-state index contributed by atoms with van der Waals surface area (Å²) >= 11 is 0. The highest BCUT2D eigenvalue weighted by Gasteiger charge is 2.27. The van der Waals surface area contributed by atoms with Crippen LogP contribution in [-0.4, -0.2) is 83.3 Å². The Labute approximate surface area is 232 Å². The normalized spacial score (nSPS) is 18.2. The van der Waals surface area contributed by atoms with Crippen molar-refractivity contribution < 1.29 is 32.2 Å². The Hall–Kier alpha value is -3.91. The SMILES string of the molecule is COc1ccc(S(=O)(=O)N[C@@H](CNC(=O)c2ccc(N3CCC[C@H](NC4=NCCCN4)C3)c(F)c2)C(=O)O)cc1. The second kappa shape index (κ2) is 13.0. The van der Waals surface area contributed by atoms with Gasteiger partial charge in [-0.05, 0) is 61.7 Å². The number of amides is 1. The van der Waals surface area contributed by atoms with Crippen molar-refractivity contribution >= 4 is 33.5 Å². The van der Waals surface area contributed by atoms with Gasteiger partial charge in [0.2, 0.25) is 10.0 Å². The van der Waals surface area contributed by atoms with Crippen molar-refractivity contribution in [3.63, 3.8) is 0 Å². The van der Waals surface area contributed by atoms with Gasteiger partial charge in [0.15, 0.2) is 5.96 Å². The molecule has 2 heterocycles.